The van der Waals surface area contributed by atoms with Crippen molar-refractivity contribution in [2.75, 3.05) is 0 Å². The summed E-state index contributed by atoms with van der Waals surface area (Å²) in [6.07, 6.45) is 1.95. The Bertz CT molecular complexity index is 253. The highest BCUT2D eigenvalue weighted by Gasteiger charge is 2.18. The van der Waals surface area contributed by atoms with E-state index in [4.69, 9.17) is 0 Å². The van der Waals surface area contributed by atoms with E-state index in [1.54, 1.807) is 0 Å². The number of rotatable bonds is 0. The van der Waals surface area contributed by atoms with Gasteiger partial charge in [0, 0.05) is 12.7 Å². The molecule has 0 amide bonds. The van der Waals surface area contributed by atoms with Crippen LogP contribution in [-0.2, 0) is 12.5 Å². The van der Waals surface area contributed by atoms with Gasteiger partial charge in [-0.15, -0.1) is 0 Å². The van der Waals surface area contributed by atoms with Crippen molar-refractivity contribution in [2.24, 2.45) is 7.05 Å². The van der Waals surface area contributed by atoms with Gasteiger partial charge < -0.3 is 0 Å². The summed E-state index contributed by atoms with van der Waals surface area (Å²) in [5, 5.41) is 4.20. The lowest BCUT2D eigenvalue weighted by molar-refractivity contribution is 0.583. The minimum atomic E-state index is 0.221. The first-order valence-electron chi connectivity index (χ1n) is 3.92. The average molecular weight is 152 g/mol. The number of hydrogen-bond acceptors (Lipinski definition) is 1. The minimum absolute atomic E-state index is 0.221. The van der Waals surface area contributed by atoms with Crippen LogP contribution in [0.1, 0.15) is 32.0 Å². The van der Waals surface area contributed by atoms with Crippen molar-refractivity contribution in [3.05, 3.63) is 17.5 Å². The molecule has 0 aliphatic rings. The van der Waals surface area contributed by atoms with E-state index in [2.05, 4.69) is 32.8 Å². The van der Waals surface area contributed by atoms with Gasteiger partial charge in [-0.3, -0.25) is 4.68 Å². The van der Waals surface area contributed by atoms with E-state index in [0.717, 1.165) is 0 Å². The molecule has 1 heterocycles. The Morgan fingerprint density at radius 2 is 1.91 bits per heavy atom. The van der Waals surface area contributed by atoms with Crippen LogP contribution in [0, 0.1) is 6.92 Å². The molecule has 0 aliphatic carbocycles. The summed E-state index contributed by atoms with van der Waals surface area (Å²) in [6, 6.07) is 0. The molecule has 0 fully saturated rings. The van der Waals surface area contributed by atoms with E-state index >= 15 is 0 Å². The molecular weight excluding hydrogens is 136 g/mol. The summed E-state index contributed by atoms with van der Waals surface area (Å²) in [6.45, 7) is 8.72. The molecule has 1 aromatic heterocycles. The van der Waals surface area contributed by atoms with Crippen molar-refractivity contribution in [3.63, 3.8) is 0 Å². The molecule has 0 radical (unpaired) electrons. The molecule has 0 aromatic carbocycles. The van der Waals surface area contributed by atoms with Crippen LogP contribution in [0.15, 0.2) is 6.20 Å². The van der Waals surface area contributed by atoms with E-state index in [1.165, 1.54) is 11.3 Å². The van der Waals surface area contributed by atoms with Gasteiger partial charge in [0.15, 0.2) is 0 Å². The number of nitrogens with zero attached hydrogens (tertiary/aromatic N) is 2. The Hall–Kier alpha value is -0.790. The van der Waals surface area contributed by atoms with E-state index in [0.29, 0.717) is 0 Å². The van der Waals surface area contributed by atoms with Crippen molar-refractivity contribution in [1.82, 2.24) is 9.78 Å². The second-order valence-electron chi connectivity index (χ2n) is 4.02. The van der Waals surface area contributed by atoms with Crippen LogP contribution in [0.25, 0.3) is 0 Å². The first-order valence-corrected chi connectivity index (χ1v) is 3.92. The van der Waals surface area contributed by atoms with Crippen LogP contribution in [0.5, 0.6) is 0 Å². The average Bonchev–Trinajstić information content (AvgIpc) is 2.11. The Kier molecular flexibility index (Phi) is 1.78. The van der Waals surface area contributed by atoms with Crippen LogP contribution in [0.2, 0.25) is 0 Å². The van der Waals surface area contributed by atoms with Crippen LogP contribution >= 0.6 is 0 Å². The Labute approximate surface area is 68.2 Å². The molecule has 0 unspecified atom stereocenters. The summed E-state index contributed by atoms with van der Waals surface area (Å²) < 4.78 is 1.92. The van der Waals surface area contributed by atoms with Gasteiger partial charge in [0.1, 0.15) is 0 Å². The zero-order valence-corrected chi connectivity index (χ0v) is 7.97. The van der Waals surface area contributed by atoms with Crippen molar-refractivity contribution in [3.8, 4) is 0 Å². The van der Waals surface area contributed by atoms with Crippen molar-refractivity contribution < 1.29 is 0 Å². The lowest BCUT2D eigenvalue weighted by Gasteiger charge is -2.17. The van der Waals surface area contributed by atoms with E-state index in [1.807, 2.05) is 17.9 Å². The van der Waals surface area contributed by atoms with E-state index in [9.17, 15) is 0 Å². The molecule has 1 rings (SSSR count). The molecule has 0 saturated carbocycles. The van der Waals surface area contributed by atoms with Crippen LogP contribution in [-0.4, -0.2) is 9.78 Å². The third-order valence-electron chi connectivity index (χ3n) is 2.04. The SMILES string of the molecule is Cc1c(C(C)(C)C)cnn1C. The molecule has 0 atom stereocenters. The maximum absolute atomic E-state index is 4.20. The molecule has 1 aromatic rings. The van der Waals surface area contributed by atoms with Gasteiger partial charge >= 0.3 is 0 Å². The van der Waals surface area contributed by atoms with Gasteiger partial charge in [0.25, 0.3) is 0 Å². The van der Waals surface area contributed by atoms with Crippen LogP contribution in [0.4, 0.5) is 0 Å². The second-order valence-corrected chi connectivity index (χ2v) is 4.02. The fourth-order valence-corrected chi connectivity index (χ4v) is 1.24. The Balaban J connectivity index is 3.15. The normalized spacial score (nSPS) is 12.1. The molecule has 0 saturated heterocycles. The topological polar surface area (TPSA) is 17.8 Å². The quantitative estimate of drug-likeness (QED) is 0.556. The molecule has 2 nitrogen and oxygen atoms in total. The first kappa shape index (κ1) is 8.31. The summed E-state index contributed by atoms with van der Waals surface area (Å²) in [5.74, 6) is 0. The van der Waals surface area contributed by atoms with E-state index < -0.39 is 0 Å². The molecule has 62 valence electrons. The van der Waals surface area contributed by atoms with Gasteiger partial charge in [0.05, 0.1) is 6.20 Å². The molecule has 0 N–H and O–H groups in total. The first-order chi connectivity index (χ1) is 4.93. The lowest BCUT2D eigenvalue weighted by atomic mass is 9.88. The maximum atomic E-state index is 4.20. The number of aromatic nitrogens is 2. The highest BCUT2D eigenvalue weighted by molar-refractivity contribution is 5.23. The van der Waals surface area contributed by atoms with Gasteiger partial charge in [-0.25, -0.2) is 0 Å². The smallest absolute Gasteiger partial charge is 0.0529 e. The van der Waals surface area contributed by atoms with Crippen LogP contribution < -0.4 is 0 Å². The predicted octanol–water partition coefficient (Wildman–Crippen LogP) is 2.03. The number of aryl methyl sites for hydroxylation is 1. The van der Waals surface area contributed by atoms with Gasteiger partial charge in [0.2, 0.25) is 0 Å². The van der Waals surface area contributed by atoms with E-state index in [-0.39, 0.29) is 5.41 Å². The molecule has 0 bridgehead atoms. The van der Waals surface area contributed by atoms with Gasteiger partial charge in [-0.2, -0.15) is 5.10 Å². The van der Waals surface area contributed by atoms with Crippen molar-refractivity contribution >= 4 is 0 Å². The standard InChI is InChI=1S/C9H16N2/c1-7-8(9(2,3)4)6-10-11(7)5/h6H,1-5H3. The monoisotopic (exact) mass is 152 g/mol. The largest absolute Gasteiger partial charge is 0.273 e. The highest BCUT2D eigenvalue weighted by Crippen LogP contribution is 2.24. The van der Waals surface area contributed by atoms with Crippen LogP contribution in [0.3, 0.4) is 0 Å². The number of hydrogen-bond donors (Lipinski definition) is 0. The zero-order valence-electron chi connectivity index (χ0n) is 7.97. The highest BCUT2D eigenvalue weighted by atomic mass is 15.3. The molecule has 11 heavy (non-hydrogen) atoms. The van der Waals surface area contributed by atoms with Gasteiger partial charge in [-0.05, 0) is 17.9 Å². The predicted molar refractivity (Wildman–Crippen MR) is 46.6 cm³/mol. The zero-order chi connectivity index (χ0) is 8.65. The summed E-state index contributed by atoms with van der Waals surface area (Å²) in [7, 11) is 1.98. The lowest BCUT2D eigenvalue weighted by Crippen LogP contribution is -2.12. The van der Waals surface area contributed by atoms with Crippen molar-refractivity contribution in [2.45, 2.75) is 33.1 Å². The third-order valence-corrected chi connectivity index (χ3v) is 2.04. The molecule has 0 spiro atoms. The third kappa shape index (κ3) is 1.44. The summed E-state index contributed by atoms with van der Waals surface area (Å²) >= 11 is 0. The fourth-order valence-electron chi connectivity index (χ4n) is 1.24. The maximum Gasteiger partial charge on any atom is 0.0529 e. The minimum Gasteiger partial charge on any atom is -0.273 e. The Morgan fingerprint density at radius 3 is 2.09 bits per heavy atom. The van der Waals surface area contributed by atoms with Crippen molar-refractivity contribution in [1.29, 1.82) is 0 Å². The Morgan fingerprint density at radius 1 is 1.36 bits per heavy atom. The molecular formula is C9H16N2. The second kappa shape index (κ2) is 2.36. The van der Waals surface area contributed by atoms with Gasteiger partial charge in [-0.1, -0.05) is 20.8 Å². The summed E-state index contributed by atoms with van der Waals surface area (Å²) in [5.41, 5.74) is 2.82. The molecule has 2 heteroatoms. The molecule has 0 aliphatic heterocycles. The summed E-state index contributed by atoms with van der Waals surface area (Å²) in [4.78, 5) is 0. The fraction of sp³-hybridized carbons (Fsp3) is 0.667.